The average Bonchev–Trinajstić information content (AvgIpc) is 1.98. The first kappa shape index (κ1) is 11.4. The van der Waals surface area contributed by atoms with Gasteiger partial charge in [-0.1, -0.05) is 13.8 Å². The van der Waals surface area contributed by atoms with E-state index in [4.69, 9.17) is 5.73 Å². The third-order valence-electron chi connectivity index (χ3n) is 1.67. The molecule has 1 unspecified atom stereocenters. The number of aliphatic hydroxyl groups excluding tert-OH is 1. The van der Waals surface area contributed by atoms with Crippen LogP contribution < -0.4 is 11.1 Å². The molecule has 0 aromatic carbocycles. The van der Waals surface area contributed by atoms with Gasteiger partial charge in [-0.2, -0.15) is 0 Å². The fourth-order valence-corrected chi connectivity index (χ4v) is 0.602. The van der Waals surface area contributed by atoms with Crippen LogP contribution in [0.1, 0.15) is 20.8 Å². The van der Waals surface area contributed by atoms with Crippen LogP contribution in [0.2, 0.25) is 0 Å². The van der Waals surface area contributed by atoms with Gasteiger partial charge in [0.05, 0.1) is 12.1 Å². The summed E-state index contributed by atoms with van der Waals surface area (Å²) in [5.41, 5.74) is 5.30. The van der Waals surface area contributed by atoms with Gasteiger partial charge in [-0.3, -0.25) is 4.79 Å². The van der Waals surface area contributed by atoms with Crippen LogP contribution in [0.3, 0.4) is 0 Å². The Morgan fingerprint density at radius 3 is 2.33 bits per heavy atom. The van der Waals surface area contributed by atoms with Crippen LogP contribution >= 0.6 is 0 Å². The fourth-order valence-electron chi connectivity index (χ4n) is 0.602. The summed E-state index contributed by atoms with van der Waals surface area (Å²) in [6.07, 6.45) is -0.493. The van der Waals surface area contributed by atoms with Crippen LogP contribution in [0, 0.1) is 5.92 Å². The van der Waals surface area contributed by atoms with Crippen molar-refractivity contribution >= 4 is 5.91 Å². The normalized spacial score (nSPS) is 15.8. The molecule has 0 saturated carbocycles. The monoisotopic (exact) mass is 174 g/mol. The maximum Gasteiger partial charge on any atom is 0.236 e. The van der Waals surface area contributed by atoms with E-state index in [1.165, 1.54) is 0 Å². The summed E-state index contributed by atoms with van der Waals surface area (Å²) in [6.45, 7) is 5.67. The highest BCUT2D eigenvalue weighted by Gasteiger charge is 2.12. The number of rotatable bonds is 4. The fraction of sp³-hybridized carbons (Fsp3) is 0.875. The highest BCUT2D eigenvalue weighted by molar-refractivity contribution is 5.80. The minimum absolute atomic E-state index is 0.151. The van der Waals surface area contributed by atoms with Crippen molar-refractivity contribution in [1.29, 1.82) is 0 Å². The van der Waals surface area contributed by atoms with Gasteiger partial charge in [-0.15, -0.1) is 0 Å². The van der Waals surface area contributed by atoms with E-state index < -0.39 is 12.1 Å². The van der Waals surface area contributed by atoms with Crippen LogP contribution in [0.25, 0.3) is 0 Å². The molecule has 4 heteroatoms. The van der Waals surface area contributed by atoms with Gasteiger partial charge in [-0.05, 0) is 12.8 Å². The Labute approximate surface area is 73.1 Å². The Morgan fingerprint density at radius 1 is 1.50 bits per heavy atom. The highest BCUT2D eigenvalue weighted by Crippen LogP contribution is 1.98. The largest absolute Gasteiger partial charge is 0.391 e. The van der Waals surface area contributed by atoms with Crippen molar-refractivity contribution in [2.24, 2.45) is 11.7 Å². The number of carbonyl (C=O) groups excluding carboxylic acids is 1. The van der Waals surface area contributed by atoms with Crippen LogP contribution in [0.15, 0.2) is 0 Å². The maximum absolute atomic E-state index is 10.9. The van der Waals surface area contributed by atoms with Crippen LogP contribution in [0.5, 0.6) is 0 Å². The molecule has 12 heavy (non-hydrogen) atoms. The molecule has 0 aromatic heterocycles. The molecule has 0 aromatic rings. The molecule has 0 bridgehead atoms. The minimum Gasteiger partial charge on any atom is -0.391 e. The number of aliphatic hydroxyl groups is 1. The smallest absolute Gasteiger partial charge is 0.236 e. The lowest BCUT2D eigenvalue weighted by Gasteiger charge is -2.15. The lowest BCUT2D eigenvalue weighted by Crippen LogP contribution is -2.42. The van der Waals surface area contributed by atoms with Crippen LogP contribution in [0.4, 0.5) is 0 Å². The summed E-state index contributed by atoms with van der Waals surface area (Å²) in [4.78, 5) is 10.9. The van der Waals surface area contributed by atoms with Gasteiger partial charge in [0.25, 0.3) is 0 Å². The average molecular weight is 174 g/mol. The first-order chi connectivity index (χ1) is 5.45. The van der Waals surface area contributed by atoms with E-state index in [-0.39, 0.29) is 18.4 Å². The Balaban J connectivity index is 3.61. The summed E-state index contributed by atoms with van der Waals surface area (Å²) in [5.74, 6) is -0.0759. The molecule has 0 fully saturated rings. The van der Waals surface area contributed by atoms with Gasteiger partial charge in [0.15, 0.2) is 0 Å². The quantitative estimate of drug-likeness (QED) is 0.536. The number of nitrogens with one attached hydrogen (secondary N) is 1. The zero-order valence-electron chi connectivity index (χ0n) is 7.87. The number of hydrogen-bond donors (Lipinski definition) is 3. The molecule has 0 radical (unpaired) electrons. The summed E-state index contributed by atoms with van der Waals surface area (Å²) >= 11 is 0. The van der Waals surface area contributed by atoms with Crippen LogP contribution in [-0.2, 0) is 4.79 Å². The number of carbonyl (C=O) groups is 1. The molecule has 0 aliphatic heterocycles. The second kappa shape index (κ2) is 5.11. The summed E-state index contributed by atoms with van der Waals surface area (Å²) in [7, 11) is 0. The molecule has 2 atom stereocenters. The molecule has 0 aliphatic rings. The summed E-state index contributed by atoms with van der Waals surface area (Å²) in [5, 5.41) is 11.9. The summed E-state index contributed by atoms with van der Waals surface area (Å²) < 4.78 is 0. The predicted molar refractivity (Wildman–Crippen MR) is 47.5 cm³/mol. The number of amides is 1. The molecule has 4 nitrogen and oxygen atoms in total. The zero-order valence-corrected chi connectivity index (χ0v) is 7.87. The molecule has 4 N–H and O–H groups in total. The Hall–Kier alpha value is -0.610. The van der Waals surface area contributed by atoms with Crippen molar-refractivity contribution < 1.29 is 9.90 Å². The third kappa shape index (κ3) is 4.31. The van der Waals surface area contributed by atoms with E-state index in [0.29, 0.717) is 0 Å². The van der Waals surface area contributed by atoms with Gasteiger partial charge in [-0.25, -0.2) is 0 Å². The van der Waals surface area contributed by atoms with Crippen molar-refractivity contribution in [2.75, 3.05) is 6.54 Å². The van der Waals surface area contributed by atoms with Crippen molar-refractivity contribution in [1.82, 2.24) is 5.32 Å². The second-order valence-electron chi connectivity index (χ2n) is 3.35. The Kier molecular flexibility index (Phi) is 4.85. The van der Waals surface area contributed by atoms with Gasteiger partial charge in [0, 0.05) is 6.54 Å². The Morgan fingerprint density at radius 2 is 2.00 bits per heavy atom. The first-order valence-corrected chi connectivity index (χ1v) is 4.16. The van der Waals surface area contributed by atoms with Crippen LogP contribution in [-0.4, -0.2) is 29.7 Å². The molecular weight excluding hydrogens is 156 g/mol. The number of nitrogens with two attached hydrogens (primary N) is 1. The van der Waals surface area contributed by atoms with Crippen molar-refractivity contribution in [3.05, 3.63) is 0 Å². The molecular formula is C8H18N2O2. The van der Waals surface area contributed by atoms with E-state index in [1.807, 2.05) is 13.8 Å². The van der Waals surface area contributed by atoms with Crippen molar-refractivity contribution in [3.8, 4) is 0 Å². The van der Waals surface area contributed by atoms with E-state index >= 15 is 0 Å². The van der Waals surface area contributed by atoms with E-state index in [0.717, 1.165) is 0 Å². The molecule has 72 valence electrons. The van der Waals surface area contributed by atoms with Gasteiger partial charge in [0.1, 0.15) is 0 Å². The van der Waals surface area contributed by atoms with Gasteiger partial charge in [0.2, 0.25) is 5.91 Å². The second-order valence-corrected chi connectivity index (χ2v) is 3.35. The van der Waals surface area contributed by atoms with Gasteiger partial charge < -0.3 is 16.2 Å². The van der Waals surface area contributed by atoms with Crippen molar-refractivity contribution in [2.45, 2.75) is 32.9 Å². The predicted octanol–water partition coefficient (Wildman–Crippen LogP) is -0.533. The zero-order chi connectivity index (χ0) is 9.72. The topological polar surface area (TPSA) is 75.3 Å². The summed E-state index contributed by atoms with van der Waals surface area (Å²) in [6, 6.07) is -0.510. The Bertz CT molecular complexity index is 146. The molecule has 0 aliphatic carbocycles. The minimum atomic E-state index is -0.510. The molecule has 1 amide bonds. The van der Waals surface area contributed by atoms with E-state index in [1.54, 1.807) is 6.92 Å². The molecule has 0 rings (SSSR count). The first-order valence-electron chi connectivity index (χ1n) is 4.16. The lowest BCUT2D eigenvalue weighted by molar-refractivity contribution is -0.122. The lowest BCUT2D eigenvalue weighted by atomic mass is 10.1. The maximum atomic E-state index is 10.9. The number of hydrogen-bond acceptors (Lipinski definition) is 3. The third-order valence-corrected chi connectivity index (χ3v) is 1.67. The van der Waals surface area contributed by atoms with E-state index in [9.17, 15) is 9.90 Å². The van der Waals surface area contributed by atoms with Gasteiger partial charge >= 0.3 is 0 Å². The molecule has 0 heterocycles. The SMILES string of the molecule is CC(C)C(O)CNC(=O)[C@H](C)N. The van der Waals surface area contributed by atoms with Crippen molar-refractivity contribution in [3.63, 3.8) is 0 Å². The standard InChI is InChI=1S/C8H18N2O2/c1-5(2)7(11)4-10-8(12)6(3)9/h5-7,11H,4,9H2,1-3H3,(H,10,12)/t6-,7?/m0/s1. The molecule has 0 spiro atoms. The highest BCUT2D eigenvalue weighted by atomic mass is 16.3. The molecule has 0 saturated heterocycles. The van der Waals surface area contributed by atoms with E-state index in [2.05, 4.69) is 5.32 Å².